The van der Waals surface area contributed by atoms with E-state index in [1.165, 1.54) is 24.5 Å². The molecule has 2 aromatic rings. The lowest BCUT2D eigenvalue weighted by Gasteiger charge is -2.19. The first-order valence-corrected chi connectivity index (χ1v) is 7.77. The number of sulfonamides is 1. The molecule has 2 N–H and O–H groups in total. The minimum atomic E-state index is -3.57. The van der Waals surface area contributed by atoms with Crippen molar-refractivity contribution in [1.29, 1.82) is 0 Å². The molecule has 0 saturated carbocycles. The van der Waals surface area contributed by atoms with Crippen LogP contribution in [0.3, 0.4) is 0 Å². The van der Waals surface area contributed by atoms with Crippen molar-refractivity contribution >= 4 is 15.7 Å². The van der Waals surface area contributed by atoms with E-state index >= 15 is 0 Å². The first-order chi connectivity index (χ1) is 9.17. The van der Waals surface area contributed by atoms with Crippen molar-refractivity contribution in [3.63, 3.8) is 0 Å². The zero-order chi connectivity index (χ0) is 13.3. The van der Waals surface area contributed by atoms with Crippen molar-refractivity contribution in [2.75, 3.05) is 4.72 Å². The molecular formula is C13H15N3O2S. The van der Waals surface area contributed by atoms with E-state index in [1.807, 2.05) is 12.1 Å². The van der Waals surface area contributed by atoms with E-state index in [-0.39, 0.29) is 5.03 Å². The van der Waals surface area contributed by atoms with E-state index in [9.17, 15) is 8.42 Å². The first kappa shape index (κ1) is 12.2. The Morgan fingerprint density at radius 1 is 1.21 bits per heavy atom. The second kappa shape index (κ2) is 4.70. The molecule has 1 aromatic carbocycles. The quantitative estimate of drug-likeness (QED) is 0.902. The standard InChI is InChI=1S/C13H15N3O2S/c17-19(18,13-8-14-9-15-13)16-12-7-3-5-10-4-1-2-6-11(10)12/h3,5,7-9,16H,1-2,4,6H2,(H,14,15). The van der Waals surface area contributed by atoms with Crippen LogP contribution in [0.4, 0.5) is 5.69 Å². The minimum absolute atomic E-state index is 0.0842. The average molecular weight is 277 g/mol. The van der Waals surface area contributed by atoms with Crippen LogP contribution < -0.4 is 4.72 Å². The lowest BCUT2D eigenvalue weighted by atomic mass is 9.91. The molecular weight excluding hydrogens is 262 g/mol. The van der Waals surface area contributed by atoms with Crippen molar-refractivity contribution in [2.45, 2.75) is 30.7 Å². The van der Waals surface area contributed by atoms with Gasteiger partial charge in [0.25, 0.3) is 10.0 Å². The van der Waals surface area contributed by atoms with Gasteiger partial charge in [0.05, 0.1) is 18.2 Å². The van der Waals surface area contributed by atoms with Crippen molar-refractivity contribution in [3.8, 4) is 0 Å². The van der Waals surface area contributed by atoms with Gasteiger partial charge in [-0.2, -0.15) is 8.42 Å². The molecule has 0 unspecified atom stereocenters. The molecule has 0 bridgehead atoms. The van der Waals surface area contributed by atoms with Gasteiger partial charge in [-0.25, -0.2) is 4.98 Å². The van der Waals surface area contributed by atoms with Gasteiger partial charge in [0, 0.05) is 0 Å². The highest BCUT2D eigenvalue weighted by Crippen LogP contribution is 2.29. The molecule has 5 nitrogen and oxygen atoms in total. The van der Waals surface area contributed by atoms with Gasteiger partial charge < -0.3 is 4.98 Å². The Labute approximate surface area is 112 Å². The summed E-state index contributed by atoms with van der Waals surface area (Å²) in [5, 5.41) is 0.0842. The molecule has 0 amide bonds. The molecule has 1 aliphatic rings. The van der Waals surface area contributed by atoms with Crippen LogP contribution in [-0.4, -0.2) is 18.4 Å². The zero-order valence-electron chi connectivity index (χ0n) is 10.4. The zero-order valence-corrected chi connectivity index (χ0v) is 11.2. The monoisotopic (exact) mass is 277 g/mol. The van der Waals surface area contributed by atoms with E-state index < -0.39 is 10.0 Å². The van der Waals surface area contributed by atoms with E-state index in [0.717, 1.165) is 24.8 Å². The summed E-state index contributed by atoms with van der Waals surface area (Å²) in [4.78, 5) is 6.36. The van der Waals surface area contributed by atoms with E-state index in [2.05, 4.69) is 20.8 Å². The number of hydrogen-bond donors (Lipinski definition) is 2. The fourth-order valence-corrected chi connectivity index (χ4v) is 3.46. The van der Waals surface area contributed by atoms with Crippen LogP contribution in [0.25, 0.3) is 0 Å². The summed E-state index contributed by atoms with van der Waals surface area (Å²) >= 11 is 0. The number of fused-ring (bicyclic) bond motifs is 1. The molecule has 0 aliphatic heterocycles. The Balaban J connectivity index is 1.96. The number of imidazole rings is 1. The van der Waals surface area contributed by atoms with Gasteiger partial charge in [0.1, 0.15) is 0 Å². The summed E-state index contributed by atoms with van der Waals surface area (Å²) < 4.78 is 27.0. The molecule has 1 aromatic heterocycles. The van der Waals surface area contributed by atoms with Crippen LogP contribution in [0.2, 0.25) is 0 Å². The smallest absolute Gasteiger partial charge is 0.278 e. The predicted molar refractivity (Wildman–Crippen MR) is 72.5 cm³/mol. The highest BCUT2D eigenvalue weighted by molar-refractivity contribution is 7.92. The van der Waals surface area contributed by atoms with Crippen LogP contribution in [-0.2, 0) is 22.9 Å². The number of nitrogens with zero attached hydrogens (tertiary/aromatic N) is 1. The van der Waals surface area contributed by atoms with Gasteiger partial charge in [-0.15, -0.1) is 0 Å². The number of aromatic nitrogens is 2. The van der Waals surface area contributed by atoms with Crippen LogP contribution in [0.1, 0.15) is 24.0 Å². The van der Waals surface area contributed by atoms with Crippen LogP contribution >= 0.6 is 0 Å². The fourth-order valence-electron chi connectivity index (χ4n) is 2.47. The highest BCUT2D eigenvalue weighted by Gasteiger charge is 2.19. The second-order valence-electron chi connectivity index (χ2n) is 4.67. The maximum absolute atomic E-state index is 12.2. The molecule has 0 saturated heterocycles. The second-order valence-corrected chi connectivity index (χ2v) is 6.32. The maximum Gasteiger partial charge on any atom is 0.278 e. The summed E-state index contributed by atoms with van der Waals surface area (Å²) in [7, 11) is -3.57. The molecule has 19 heavy (non-hydrogen) atoms. The topological polar surface area (TPSA) is 74.8 Å². The van der Waals surface area contributed by atoms with E-state index in [0.29, 0.717) is 5.69 Å². The molecule has 0 fully saturated rings. The van der Waals surface area contributed by atoms with Crippen LogP contribution in [0.5, 0.6) is 0 Å². The Morgan fingerprint density at radius 3 is 2.84 bits per heavy atom. The largest absolute Gasteiger partial charge is 0.334 e. The third-order valence-electron chi connectivity index (χ3n) is 3.40. The number of aromatic amines is 1. The Morgan fingerprint density at radius 2 is 2.05 bits per heavy atom. The fraction of sp³-hybridized carbons (Fsp3) is 0.308. The first-order valence-electron chi connectivity index (χ1n) is 6.29. The van der Waals surface area contributed by atoms with Crippen molar-refractivity contribution in [1.82, 2.24) is 9.97 Å². The maximum atomic E-state index is 12.2. The summed E-state index contributed by atoms with van der Waals surface area (Å²) in [6.07, 6.45) is 6.89. The molecule has 0 atom stereocenters. The molecule has 0 spiro atoms. The number of aryl methyl sites for hydroxylation is 1. The molecule has 3 rings (SSSR count). The summed E-state index contributed by atoms with van der Waals surface area (Å²) in [6.45, 7) is 0. The molecule has 100 valence electrons. The van der Waals surface area contributed by atoms with Crippen molar-refractivity contribution in [2.24, 2.45) is 0 Å². The Kier molecular flexibility index (Phi) is 3.02. The Hall–Kier alpha value is -1.82. The minimum Gasteiger partial charge on any atom is -0.334 e. The molecule has 6 heteroatoms. The van der Waals surface area contributed by atoms with Gasteiger partial charge >= 0.3 is 0 Å². The lowest BCUT2D eigenvalue weighted by molar-refractivity contribution is 0.598. The van der Waals surface area contributed by atoms with Crippen molar-refractivity contribution < 1.29 is 8.42 Å². The number of benzene rings is 1. The summed E-state index contributed by atoms with van der Waals surface area (Å²) in [6, 6.07) is 5.79. The van der Waals surface area contributed by atoms with Gasteiger partial charge in [0.15, 0.2) is 5.03 Å². The molecule has 1 aliphatic carbocycles. The number of hydrogen-bond acceptors (Lipinski definition) is 3. The third-order valence-corrected chi connectivity index (χ3v) is 4.69. The number of rotatable bonds is 3. The van der Waals surface area contributed by atoms with E-state index in [1.54, 1.807) is 0 Å². The predicted octanol–water partition coefficient (Wildman–Crippen LogP) is 2.09. The average Bonchev–Trinajstić information content (AvgIpc) is 2.93. The van der Waals surface area contributed by atoms with Gasteiger partial charge in [-0.1, -0.05) is 12.1 Å². The van der Waals surface area contributed by atoms with E-state index in [4.69, 9.17) is 0 Å². The highest BCUT2D eigenvalue weighted by atomic mass is 32.2. The van der Waals surface area contributed by atoms with Gasteiger partial charge in [0.2, 0.25) is 0 Å². The van der Waals surface area contributed by atoms with Crippen LogP contribution in [0, 0.1) is 0 Å². The number of H-pyrrole nitrogens is 1. The summed E-state index contributed by atoms with van der Waals surface area (Å²) in [5.41, 5.74) is 3.06. The SMILES string of the molecule is O=S(=O)(Nc1cccc2c1CCCC2)c1cnc[nH]1. The number of nitrogens with one attached hydrogen (secondary N) is 2. The molecule has 1 heterocycles. The van der Waals surface area contributed by atoms with Gasteiger partial charge in [-0.05, 0) is 42.9 Å². The number of anilines is 1. The van der Waals surface area contributed by atoms with Gasteiger partial charge in [-0.3, -0.25) is 4.72 Å². The van der Waals surface area contributed by atoms with Crippen LogP contribution in [0.15, 0.2) is 35.7 Å². The lowest BCUT2D eigenvalue weighted by Crippen LogP contribution is -2.16. The summed E-state index contributed by atoms with van der Waals surface area (Å²) in [5.74, 6) is 0. The Bertz CT molecular complexity index is 678. The third kappa shape index (κ3) is 2.35. The normalized spacial score (nSPS) is 14.9. The molecule has 0 radical (unpaired) electrons. The van der Waals surface area contributed by atoms with Crippen molar-refractivity contribution in [3.05, 3.63) is 41.9 Å².